The minimum Gasteiger partial charge on any atom is -0.365 e. The number of thioether (sulfide) groups is 1. The third kappa shape index (κ3) is 2.72. The smallest absolute Gasteiger partial charge is 0.256 e. The minimum absolute atomic E-state index is 0.214. The van der Waals surface area contributed by atoms with Crippen LogP contribution in [0.2, 0.25) is 0 Å². The molecule has 2 aromatic heterocycles. The van der Waals surface area contributed by atoms with Crippen LogP contribution in [0.4, 0.5) is 5.82 Å². The van der Waals surface area contributed by atoms with Gasteiger partial charge in [-0.25, -0.2) is 9.97 Å². The van der Waals surface area contributed by atoms with E-state index in [9.17, 15) is 4.79 Å². The third-order valence-electron chi connectivity index (χ3n) is 3.30. The predicted molar refractivity (Wildman–Crippen MR) is 83.6 cm³/mol. The van der Waals surface area contributed by atoms with Crippen molar-refractivity contribution in [3.63, 3.8) is 0 Å². The molecule has 110 valence electrons. The number of amides is 1. The number of anilines is 1. The van der Waals surface area contributed by atoms with Crippen molar-refractivity contribution >= 4 is 34.5 Å². The number of rotatable bonds is 4. The van der Waals surface area contributed by atoms with Crippen LogP contribution in [-0.4, -0.2) is 39.2 Å². The molecule has 0 radical (unpaired) electrons. The summed E-state index contributed by atoms with van der Waals surface area (Å²) in [4.78, 5) is 25.6. The summed E-state index contributed by atoms with van der Waals surface area (Å²) >= 11 is 1.48. The van der Waals surface area contributed by atoms with E-state index in [2.05, 4.69) is 15.0 Å². The van der Waals surface area contributed by atoms with Gasteiger partial charge in [0, 0.05) is 24.2 Å². The van der Waals surface area contributed by atoms with Crippen LogP contribution >= 0.6 is 11.8 Å². The van der Waals surface area contributed by atoms with Gasteiger partial charge in [0.25, 0.3) is 5.91 Å². The van der Waals surface area contributed by atoms with Gasteiger partial charge in [-0.05, 0) is 19.0 Å². The fourth-order valence-electron chi connectivity index (χ4n) is 2.35. The Kier molecular flexibility index (Phi) is 3.80. The average Bonchev–Trinajstić information content (AvgIpc) is 2.95. The number of primary amides is 1. The third-order valence-corrected chi connectivity index (χ3v) is 4.58. The maximum Gasteiger partial charge on any atom is 0.256 e. The maximum atomic E-state index is 11.5. The summed E-state index contributed by atoms with van der Waals surface area (Å²) in [6.45, 7) is 1.30. The normalized spacial score (nSPS) is 18.8. The Bertz CT molecular complexity index is 697. The first-order valence-corrected chi connectivity index (χ1v) is 7.50. The van der Waals surface area contributed by atoms with E-state index in [1.807, 2.05) is 17.2 Å². The second-order valence-electron chi connectivity index (χ2n) is 4.76. The molecule has 8 heteroatoms. The van der Waals surface area contributed by atoms with Crippen LogP contribution in [-0.2, 0) is 4.79 Å². The number of nitrogens with zero attached hydrogens (tertiary/aromatic N) is 3. The lowest BCUT2D eigenvalue weighted by molar-refractivity contribution is -0.113. The summed E-state index contributed by atoms with van der Waals surface area (Å²) in [5, 5.41) is 1.13. The highest BCUT2D eigenvalue weighted by atomic mass is 32.2. The predicted octanol–water partition coefficient (Wildman–Crippen LogP) is 0.555. The van der Waals surface area contributed by atoms with Crippen molar-refractivity contribution in [3.8, 4) is 0 Å². The number of hydrogen-bond donors (Lipinski definition) is 3. The van der Waals surface area contributed by atoms with E-state index in [0.717, 1.165) is 29.8 Å². The summed E-state index contributed by atoms with van der Waals surface area (Å²) in [5.74, 6) is 0.341. The molecule has 0 spiro atoms. The molecule has 1 atom stereocenters. The topological polar surface area (TPSA) is 114 Å². The van der Waals surface area contributed by atoms with Gasteiger partial charge in [0.05, 0.1) is 10.3 Å². The summed E-state index contributed by atoms with van der Waals surface area (Å²) in [5.41, 5.74) is 11.8. The fraction of sp³-hybridized carbons (Fsp3) is 0.308. The van der Waals surface area contributed by atoms with E-state index in [-0.39, 0.29) is 5.25 Å². The van der Waals surface area contributed by atoms with Gasteiger partial charge in [-0.2, -0.15) is 0 Å². The number of carbonyl (C=O) groups excluding carboxylic acids is 1. The molecule has 1 unspecified atom stereocenters. The van der Waals surface area contributed by atoms with Gasteiger partial charge in [-0.3, -0.25) is 4.79 Å². The average molecular weight is 304 g/mol. The molecule has 3 rings (SSSR count). The molecule has 1 aliphatic heterocycles. The van der Waals surface area contributed by atoms with Crippen molar-refractivity contribution in [1.29, 1.82) is 0 Å². The van der Waals surface area contributed by atoms with Gasteiger partial charge >= 0.3 is 0 Å². The molecular weight excluding hydrogens is 288 g/mol. The molecule has 1 amide bonds. The highest BCUT2D eigenvalue weighted by Gasteiger charge is 2.25. The van der Waals surface area contributed by atoms with Crippen LogP contribution in [0.5, 0.6) is 0 Å². The summed E-state index contributed by atoms with van der Waals surface area (Å²) in [6, 6.07) is 1.92. The van der Waals surface area contributed by atoms with Crippen LogP contribution in [0.1, 0.15) is 6.42 Å². The second kappa shape index (κ2) is 5.74. The molecule has 0 bridgehead atoms. The van der Waals surface area contributed by atoms with Gasteiger partial charge in [-0.1, -0.05) is 0 Å². The number of nitrogens with one attached hydrogen (secondary N) is 1. The highest BCUT2D eigenvalue weighted by molar-refractivity contribution is 8.04. The Morgan fingerprint density at radius 2 is 2.38 bits per heavy atom. The first-order valence-electron chi connectivity index (χ1n) is 6.62. The van der Waals surface area contributed by atoms with Crippen LogP contribution in [0, 0.1) is 0 Å². The largest absolute Gasteiger partial charge is 0.365 e. The van der Waals surface area contributed by atoms with Gasteiger partial charge in [0.2, 0.25) is 0 Å². The van der Waals surface area contributed by atoms with E-state index >= 15 is 0 Å². The zero-order chi connectivity index (χ0) is 14.8. The first-order chi connectivity index (χ1) is 10.2. The number of carbonyl (C=O) groups is 1. The molecule has 1 aliphatic rings. The lowest BCUT2D eigenvalue weighted by Gasteiger charge is -2.30. The Morgan fingerprint density at radius 3 is 3.14 bits per heavy atom. The zero-order valence-corrected chi connectivity index (χ0v) is 12.1. The van der Waals surface area contributed by atoms with Gasteiger partial charge in [0.15, 0.2) is 0 Å². The van der Waals surface area contributed by atoms with Crippen LogP contribution in [0.25, 0.3) is 11.0 Å². The van der Waals surface area contributed by atoms with E-state index in [0.29, 0.717) is 11.4 Å². The fourth-order valence-corrected chi connectivity index (χ4v) is 3.51. The standard InChI is InChI=1S/C13H16N6OS/c14-3-1-8-5-19(6-10(21-8)11(15)20)13-9-2-4-16-12(9)17-7-18-13/h2,4,6-8H,1,3,5,14H2,(H2,15,20)(H,16,17,18). The minimum atomic E-state index is -0.425. The lowest BCUT2D eigenvalue weighted by atomic mass is 10.2. The van der Waals surface area contributed by atoms with Crippen molar-refractivity contribution in [2.75, 3.05) is 18.0 Å². The SMILES string of the molecule is NCCC1CN(c2ncnc3[nH]ccc23)C=C(C(N)=O)S1. The maximum absolute atomic E-state index is 11.5. The van der Waals surface area contributed by atoms with Crippen LogP contribution < -0.4 is 16.4 Å². The molecule has 5 N–H and O–H groups in total. The number of aromatic amines is 1. The molecule has 0 fully saturated rings. The Balaban J connectivity index is 2.01. The van der Waals surface area contributed by atoms with Crippen LogP contribution in [0.3, 0.4) is 0 Å². The monoisotopic (exact) mass is 304 g/mol. The quantitative estimate of drug-likeness (QED) is 0.760. The number of H-pyrrole nitrogens is 1. The van der Waals surface area contributed by atoms with Crippen molar-refractivity contribution in [1.82, 2.24) is 15.0 Å². The summed E-state index contributed by atoms with van der Waals surface area (Å²) in [7, 11) is 0. The molecule has 0 saturated carbocycles. The molecule has 21 heavy (non-hydrogen) atoms. The van der Waals surface area contributed by atoms with Crippen molar-refractivity contribution in [3.05, 3.63) is 29.7 Å². The van der Waals surface area contributed by atoms with Crippen LogP contribution in [0.15, 0.2) is 29.7 Å². The van der Waals surface area contributed by atoms with E-state index < -0.39 is 5.91 Å². The number of aromatic nitrogens is 3. The van der Waals surface area contributed by atoms with Crippen molar-refractivity contribution < 1.29 is 4.79 Å². The molecule has 7 nitrogen and oxygen atoms in total. The number of fused-ring (bicyclic) bond motifs is 1. The molecule has 0 aliphatic carbocycles. The highest BCUT2D eigenvalue weighted by Crippen LogP contribution is 2.33. The Hall–Kier alpha value is -2.06. The lowest BCUT2D eigenvalue weighted by Crippen LogP contribution is -2.34. The second-order valence-corrected chi connectivity index (χ2v) is 6.11. The molecule has 2 aromatic rings. The summed E-state index contributed by atoms with van der Waals surface area (Å²) in [6.07, 6.45) is 5.89. The van der Waals surface area contributed by atoms with Gasteiger partial charge in [0.1, 0.15) is 17.8 Å². The molecule has 0 aromatic carbocycles. The molecule has 3 heterocycles. The van der Waals surface area contributed by atoms with E-state index in [1.54, 1.807) is 6.20 Å². The first kappa shape index (κ1) is 13.9. The molecule has 0 saturated heterocycles. The van der Waals surface area contributed by atoms with E-state index in [1.165, 1.54) is 18.1 Å². The zero-order valence-electron chi connectivity index (χ0n) is 11.3. The van der Waals surface area contributed by atoms with Gasteiger partial charge < -0.3 is 21.4 Å². The Morgan fingerprint density at radius 1 is 1.52 bits per heavy atom. The van der Waals surface area contributed by atoms with E-state index in [4.69, 9.17) is 11.5 Å². The molecular formula is C13H16N6OS. The van der Waals surface area contributed by atoms with Crippen molar-refractivity contribution in [2.45, 2.75) is 11.7 Å². The van der Waals surface area contributed by atoms with Crippen molar-refractivity contribution in [2.24, 2.45) is 11.5 Å². The Labute approximate surface area is 125 Å². The summed E-state index contributed by atoms with van der Waals surface area (Å²) < 4.78 is 0. The number of hydrogen-bond acceptors (Lipinski definition) is 6. The number of nitrogens with two attached hydrogens (primary N) is 2. The van der Waals surface area contributed by atoms with Gasteiger partial charge in [-0.15, -0.1) is 11.8 Å².